The van der Waals surface area contributed by atoms with E-state index < -0.39 is 0 Å². The maximum absolute atomic E-state index is 5.64. The normalized spacial score (nSPS) is 10.3. The minimum atomic E-state index is 0.545. The van der Waals surface area contributed by atoms with E-state index in [4.69, 9.17) is 11.6 Å². The van der Waals surface area contributed by atoms with Crippen LogP contribution in [0.3, 0.4) is 0 Å². The van der Waals surface area contributed by atoms with Crippen molar-refractivity contribution in [2.24, 2.45) is 7.05 Å². The van der Waals surface area contributed by atoms with Crippen molar-refractivity contribution in [2.75, 3.05) is 0 Å². The molecule has 2 nitrogen and oxygen atoms in total. The maximum Gasteiger partial charge on any atom is 0.0644 e. The second kappa shape index (κ2) is 3.06. The van der Waals surface area contributed by atoms with Crippen molar-refractivity contribution < 1.29 is 0 Å². The van der Waals surface area contributed by atoms with Crippen molar-refractivity contribution in [2.45, 2.75) is 19.2 Å². The fraction of sp³-hybridized carbons (Fsp3) is 0.571. The molecule has 0 aliphatic heterocycles. The highest BCUT2D eigenvalue weighted by atomic mass is 35.5. The lowest BCUT2D eigenvalue weighted by Gasteiger charge is -1.91. The Bertz CT molecular complexity index is 217. The molecule has 56 valence electrons. The van der Waals surface area contributed by atoms with Crippen molar-refractivity contribution in [3.63, 3.8) is 0 Å². The third-order valence-corrected chi connectivity index (χ3v) is 1.80. The first-order valence-electron chi connectivity index (χ1n) is 3.35. The first-order valence-corrected chi connectivity index (χ1v) is 3.89. The number of halogens is 1. The highest BCUT2D eigenvalue weighted by Gasteiger charge is 2.00. The molecule has 0 aliphatic carbocycles. The number of nitrogens with zero attached hydrogens (tertiary/aromatic N) is 2. The standard InChI is InChI=1S/C7H11ClN2/c1-3-6-4-7(5-8)10(2)9-6/h4H,3,5H2,1-2H3. The molecule has 0 N–H and O–H groups in total. The van der Waals surface area contributed by atoms with Gasteiger partial charge in [-0.15, -0.1) is 11.6 Å². The lowest BCUT2D eigenvalue weighted by molar-refractivity contribution is 0.719. The van der Waals surface area contributed by atoms with Crippen LogP contribution in [-0.4, -0.2) is 9.78 Å². The molecule has 0 aromatic carbocycles. The van der Waals surface area contributed by atoms with Gasteiger partial charge in [0.15, 0.2) is 0 Å². The van der Waals surface area contributed by atoms with E-state index in [0.717, 1.165) is 17.8 Å². The molecule has 0 radical (unpaired) electrons. The third kappa shape index (κ3) is 1.32. The molecule has 1 aromatic rings. The Morgan fingerprint density at radius 3 is 2.70 bits per heavy atom. The maximum atomic E-state index is 5.64. The number of aryl methyl sites for hydroxylation is 2. The number of alkyl halides is 1. The minimum absolute atomic E-state index is 0.545. The molecule has 1 heterocycles. The van der Waals surface area contributed by atoms with Gasteiger partial charge in [-0.2, -0.15) is 5.10 Å². The fourth-order valence-electron chi connectivity index (χ4n) is 0.869. The third-order valence-electron chi connectivity index (χ3n) is 1.53. The molecule has 0 atom stereocenters. The summed E-state index contributed by atoms with van der Waals surface area (Å²) in [7, 11) is 1.91. The van der Waals surface area contributed by atoms with Crippen LogP contribution < -0.4 is 0 Å². The molecule has 0 unspecified atom stereocenters. The van der Waals surface area contributed by atoms with Crippen molar-refractivity contribution in [1.82, 2.24) is 9.78 Å². The predicted molar refractivity (Wildman–Crippen MR) is 42.1 cm³/mol. The fourth-order valence-corrected chi connectivity index (χ4v) is 1.12. The first kappa shape index (κ1) is 7.61. The Morgan fingerprint density at radius 1 is 1.70 bits per heavy atom. The summed E-state index contributed by atoms with van der Waals surface area (Å²) in [5, 5.41) is 4.23. The topological polar surface area (TPSA) is 17.8 Å². The van der Waals surface area contributed by atoms with Gasteiger partial charge < -0.3 is 0 Å². The van der Waals surface area contributed by atoms with E-state index in [9.17, 15) is 0 Å². The Kier molecular flexibility index (Phi) is 2.33. The molecular formula is C7H11ClN2. The zero-order valence-electron chi connectivity index (χ0n) is 6.26. The van der Waals surface area contributed by atoms with Gasteiger partial charge in [0, 0.05) is 7.05 Å². The van der Waals surface area contributed by atoms with Crippen LogP contribution in [0.2, 0.25) is 0 Å². The van der Waals surface area contributed by atoms with E-state index in [0.29, 0.717) is 5.88 Å². The van der Waals surface area contributed by atoms with E-state index in [2.05, 4.69) is 12.0 Å². The van der Waals surface area contributed by atoms with Crippen LogP contribution in [0.25, 0.3) is 0 Å². The highest BCUT2D eigenvalue weighted by molar-refractivity contribution is 6.16. The van der Waals surface area contributed by atoms with Crippen LogP contribution >= 0.6 is 11.6 Å². The lowest BCUT2D eigenvalue weighted by atomic mass is 10.3. The molecule has 0 amide bonds. The predicted octanol–water partition coefficient (Wildman–Crippen LogP) is 1.72. The van der Waals surface area contributed by atoms with Crippen molar-refractivity contribution >= 4 is 11.6 Å². The molecule has 0 saturated carbocycles. The van der Waals surface area contributed by atoms with Gasteiger partial charge in [-0.1, -0.05) is 6.92 Å². The summed E-state index contributed by atoms with van der Waals surface area (Å²) in [6, 6.07) is 2.03. The van der Waals surface area contributed by atoms with E-state index in [1.165, 1.54) is 0 Å². The smallest absolute Gasteiger partial charge is 0.0644 e. The summed E-state index contributed by atoms with van der Waals surface area (Å²) in [6.45, 7) is 2.08. The zero-order chi connectivity index (χ0) is 7.56. The van der Waals surface area contributed by atoms with Crippen LogP contribution in [0.4, 0.5) is 0 Å². The van der Waals surface area contributed by atoms with Gasteiger partial charge in [-0.05, 0) is 12.5 Å². The van der Waals surface area contributed by atoms with E-state index >= 15 is 0 Å². The summed E-state index contributed by atoms with van der Waals surface area (Å²) in [4.78, 5) is 0. The minimum Gasteiger partial charge on any atom is -0.271 e. The summed E-state index contributed by atoms with van der Waals surface area (Å²) >= 11 is 5.64. The van der Waals surface area contributed by atoms with Gasteiger partial charge >= 0.3 is 0 Å². The van der Waals surface area contributed by atoms with Crippen LogP contribution in [0, 0.1) is 0 Å². The number of hydrogen-bond donors (Lipinski definition) is 0. The lowest BCUT2D eigenvalue weighted by Crippen LogP contribution is -1.95. The molecule has 0 saturated heterocycles. The molecule has 1 rings (SSSR count). The average Bonchev–Trinajstić information content (AvgIpc) is 2.30. The molecule has 0 spiro atoms. The van der Waals surface area contributed by atoms with E-state index in [-0.39, 0.29) is 0 Å². The molecule has 1 aromatic heterocycles. The number of rotatable bonds is 2. The first-order chi connectivity index (χ1) is 4.77. The van der Waals surface area contributed by atoms with E-state index in [1.807, 2.05) is 17.8 Å². The molecule has 0 aliphatic rings. The second-order valence-electron chi connectivity index (χ2n) is 2.24. The molecule has 0 fully saturated rings. The van der Waals surface area contributed by atoms with Gasteiger partial charge in [0.2, 0.25) is 0 Å². The van der Waals surface area contributed by atoms with Gasteiger partial charge in [-0.3, -0.25) is 4.68 Å². The summed E-state index contributed by atoms with van der Waals surface area (Å²) < 4.78 is 1.83. The summed E-state index contributed by atoms with van der Waals surface area (Å²) in [6.07, 6.45) is 0.977. The second-order valence-corrected chi connectivity index (χ2v) is 2.51. The molecule has 10 heavy (non-hydrogen) atoms. The van der Waals surface area contributed by atoms with Crippen molar-refractivity contribution in [3.8, 4) is 0 Å². The number of hydrogen-bond acceptors (Lipinski definition) is 1. The van der Waals surface area contributed by atoms with Crippen molar-refractivity contribution in [3.05, 3.63) is 17.5 Å². The van der Waals surface area contributed by atoms with Gasteiger partial charge in [0.25, 0.3) is 0 Å². The van der Waals surface area contributed by atoms with Crippen LogP contribution in [-0.2, 0) is 19.3 Å². The largest absolute Gasteiger partial charge is 0.271 e. The number of aromatic nitrogens is 2. The Morgan fingerprint density at radius 2 is 2.40 bits per heavy atom. The van der Waals surface area contributed by atoms with Crippen molar-refractivity contribution in [1.29, 1.82) is 0 Å². The summed E-state index contributed by atoms with van der Waals surface area (Å²) in [5.41, 5.74) is 2.19. The Labute approximate surface area is 65.8 Å². The Hall–Kier alpha value is -0.500. The summed E-state index contributed by atoms with van der Waals surface area (Å²) in [5.74, 6) is 0.545. The molecule has 0 bridgehead atoms. The van der Waals surface area contributed by atoms with Gasteiger partial charge in [-0.25, -0.2) is 0 Å². The van der Waals surface area contributed by atoms with Gasteiger partial charge in [0.05, 0.1) is 17.3 Å². The van der Waals surface area contributed by atoms with Crippen LogP contribution in [0.5, 0.6) is 0 Å². The van der Waals surface area contributed by atoms with Crippen LogP contribution in [0.1, 0.15) is 18.3 Å². The quantitative estimate of drug-likeness (QED) is 0.600. The zero-order valence-corrected chi connectivity index (χ0v) is 7.02. The molecule has 3 heteroatoms. The van der Waals surface area contributed by atoms with Gasteiger partial charge in [0.1, 0.15) is 0 Å². The highest BCUT2D eigenvalue weighted by Crippen LogP contribution is 2.05. The van der Waals surface area contributed by atoms with Crippen LogP contribution in [0.15, 0.2) is 6.07 Å². The molecular weight excluding hydrogens is 148 g/mol. The monoisotopic (exact) mass is 158 g/mol. The average molecular weight is 159 g/mol. The van der Waals surface area contributed by atoms with E-state index in [1.54, 1.807) is 0 Å². The SMILES string of the molecule is CCc1cc(CCl)n(C)n1. The Balaban J connectivity index is 2.92.